The zero-order chi connectivity index (χ0) is 9.23. The van der Waals surface area contributed by atoms with Gasteiger partial charge in [0.1, 0.15) is 0 Å². The molecule has 0 aromatic carbocycles. The van der Waals surface area contributed by atoms with Crippen LogP contribution in [0, 0.1) is 0 Å². The lowest BCUT2D eigenvalue weighted by atomic mass is 10.3. The minimum absolute atomic E-state index is 0.0944. The lowest BCUT2D eigenvalue weighted by Gasteiger charge is -2.03. The maximum Gasteiger partial charge on any atom is 0.222 e. The monoisotopic (exact) mass is 173 g/mol. The number of hydrogen-bond acceptors (Lipinski definition) is 2. The summed E-state index contributed by atoms with van der Waals surface area (Å²) in [5.41, 5.74) is 0. The van der Waals surface area contributed by atoms with Gasteiger partial charge in [-0.25, -0.2) is 0 Å². The van der Waals surface area contributed by atoms with Crippen LogP contribution in [0.25, 0.3) is 0 Å². The van der Waals surface area contributed by atoms with Crippen molar-refractivity contribution in [1.29, 1.82) is 0 Å². The minimum Gasteiger partial charge on any atom is -0.381 e. The van der Waals surface area contributed by atoms with Gasteiger partial charge in [0.15, 0.2) is 0 Å². The van der Waals surface area contributed by atoms with E-state index >= 15 is 0 Å². The second kappa shape index (κ2) is 8.53. The summed E-state index contributed by atoms with van der Waals surface area (Å²) < 4.78 is 5.05. The summed E-state index contributed by atoms with van der Waals surface area (Å²) in [6.07, 6.45) is 2.66. The van der Waals surface area contributed by atoms with Crippen LogP contribution < -0.4 is 5.32 Å². The zero-order valence-corrected chi connectivity index (χ0v) is 8.06. The number of rotatable bonds is 7. The average molecular weight is 173 g/mol. The van der Waals surface area contributed by atoms with E-state index in [0.717, 1.165) is 19.4 Å². The van der Waals surface area contributed by atoms with E-state index in [1.165, 1.54) is 0 Å². The molecule has 0 bridgehead atoms. The van der Waals surface area contributed by atoms with E-state index in [1.54, 1.807) is 0 Å². The van der Waals surface area contributed by atoms with Gasteiger partial charge in [-0.15, -0.1) is 0 Å². The fraction of sp³-hybridized carbons (Fsp3) is 0.889. The average Bonchev–Trinajstić information content (AvgIpc) is 2.06. The minimum atomic E-state index is 0.0944. The molecule has 3 nitrogen and oxygen atoms in total. The van der Waals surface area contributed by atoms with E-state index in [0.29, 0.717) is 19.6 Å². The molecule has 0 saturated heterocycles. The van der Waals surface area contributed by atoms with Crippen molar-refractivity contribution in [2.75, 3.05) is 19.8 Å². The van der Waals surface area contributed by atoms with Crippen LogP contribution in [0.4, 0.5) is 0 Å². The van der Waals surface area contributed by atoms with Gasteiger partial charge >= 0.3 is 0 Å². The number of carbonyl (C=O) groups is 1. The summed E-state index contributed by atoms with van der Waals surface area (Å²) in [7, 11) is 0. The molecule has 0 saturated carbocycles. The molecule has 72 valence electrons. The maximum atomic E-state index is 11.0. The molecule has 0 unspecified atom stereocenters. The normalized spacial score (nSPS) is 9.83. The molecule has 3 heteroatoms. The van der Waals surface area contributed by atoms with Gasteiger partial charge in [0.25, 0.3) is 0 Å². The highest BCUT2D eigenvalue weighted by Crippen LogP contribution is 1.85. The van der Waals surface area contributed by atoms with Gasteiger partial charge in [0.05, 0.1) is 6.61 Å². The van der Waals surface area contributed by atoms with E-state index < -0.39 is 0 Å². The Morgan fingerprint density at radius 1 is 1.42 bits per heavy atom. The molecule has 12 heavy (non-hydrogen) atoms. The lowest BCUT2D eigenvalue weighted by molar-refractivity contribution is -0.122. The largest absolute Gasteiger partial charge is 0.381 e. The van der Waals surface area contributed by atoms with Crippen LogP contribution in [-0.4, -0.2) is 25.7 Å². The summed E-state index contributed by atoms with van der Waals surface area (Å²) in [6.45, 7) is 6.04. The maximum absolute atomic E-state index is 11.0. The van der Waals surface area contributed by atoms with Crippen LogP contribution in [0.1, 0.15) is 33.1 Å². The quantitative estimate of drug-likeness (QED) is 0.590. The van der Waals surface area contributed by atoms with Gasteiger partial charge in [-0.2, -0.15) is 0 Å². The molecule has 0 aliphatic rings. The topological polar surface area (TPSA) is 38.3 Å². The molecule has 1 amide bonds. The molecule has 0 fully saturated rings. The van der Waals surface area contributed by atoms with Gasteiger partial charge < -0.3 is 10.1 Å². The van der Waals surface area contributed by atoms with E-state index in [1.807, 2.05) is 6.92 Å². The highest BCUT2D eigenvalue weighted by molar-refractivity contribution is 5.75. The summed E-state index contributed by atoms with van der Waals surface area (Å²) in [6, 6.07) is 0. The van der Waals surface area contributed by atoms with Gasteiger partial charge in [-0.3, -0.25) is 4.79 Å². The first-order valence-corrected chi connectivity index (χ1v) is 4.65. The molecule has 0 radical (unpaired) electrons. The third kappa shape index (κ3) is 7.54. The Kier molecular flexibility index (Phi) is 8.12. The third-order valence-electron chi connectivity index (χ3n) is 1.53. The van der Waals surface area contributed by atoms with Crippen molar-refractivity contribution in [2.24, 2.45) is 0 Å². The number of amides is 1. The Hall–Kier alpha value is -0.570. The smallest absolute Gasteiger partial charge is 0.222 e. The molecule has 0 aromatic heterocycles. The van der Waals surface area contributed by atoms with Crippen LogP contribution in [-0.2, 0) is 9.53 Å². The molecule has 0 aliphatic carbocycles. The number of unbranched alkanes of at least 4 members (excludes halogenated alkanes) is 1. The summed E-state index contributed by atoms with van der Waals surface area (Å²) in [4.78, 5) is 11.0. The van der Waals surface area contributed by atoms with E-state index in [-0.39, 0.29) is 5.91 Å². The van der Waals surface area contributed by atoms with Crippen LogP contribution in [0.15, 0.2) is 0 Å². The molecule has 0 rings (SSSR count). The number of nitrogens with one attached hydrogen (secondary N) is 1. The molecule has 0 spiro atoms. The molecule has 0 aliphatic heterocycles. The van der Waals surface area contributed by atoms with Gasteiger partial charge in [0.2, 0.25) is 5.91 Å². The highest BCUT2D eigenvalue weighted by Gasteiger charge is 1.98. The third-order valence-corrected chi connectivity index (χ3v) is 1.53. The van der Waals surface area contributed by atoms with Crippen LogP contribution in [0.2, 0.25) is 0 Å². The standard InChI is InChI=1S/C9H19NO2/c1-3-5-7-10-9(11)6-8-12-4-2/h3-8H2,1-2H3,(H,10,11). The molecule has 0 heterocycles. The van der Waals surface area contributed by atoms with Gasteiger partial charge in [-0.1, -0.05) is 13.3 Å². The van der Waals surface area contributed by atoms with E-state index in [2.05, 4.69) is 12.2 Å². The first-order valence-electron chi connectivity index (χ1n) is 4.65. The first-order chi connectivity index (χ1) is 5.81. The Morgan fingerprint density at radius 3 is 2.75 bits per heavy atom. The molecular weight excluding hydrogens is 154 g/mol. The Labute approximate surface area is 74.5 Å². The van der Waals surface area contributed by atoms with E-state index in [9.17, 15) is 4.79 Å². The van der Waals surface area contributed by atoms with Gasteiger partial charge in [0, 0.05) is 19.6 Å². The predicted molar refractivity (Wildman–Crippen MR) is 49.0 cm³/mol. The summed E-state index contributed by atoms with van der Waals surface area (Å²) in [5.74, 6) is 0.0944. The predicted octanol–water partition coefficient (Wildman–Crippen LogP) is 1.33. The van der Waals surface area contributed by atoms with Gasteiger partial charge in [-0.05, 0) is 13.3 Å². The molecule has 0 atom stereocenters. The van der Waals surface area contributed by atoms with Crippen molar-refractivity contribution in [3.8, 4) is 0 Å². The fourth-order valence-electron chi connectivity index (χ4n) is 0.802. The van der Waals surface area contributed by atoms with Crippen molar-refractivity contribution in [2.45, 2.75) is 33.1 Å². The van der Waals surface area contributed by atoms with Crippen molar-refractivity contribution in [3.63, 3.8) is 0 Å². The number of hydrogen-bond donors (Lipinski definition) is 1. The van der Waals surface area contributed by atoms with Crippen LogP contribution >= 0.6 is 0 Å². The zero-order valence-electron chi connectivity index (χ0n) is 8.06. The van der Waals surface area contributed by atoms with Crippen molar-refractivity contribution in [3.05, 3.63) is 0 Å². The molecular formula is C9H19NO2. The first kappa shape index (κ1) is 11.4. The summed E-state index contributed by atoms with van der Waals surface area (Å²) in [5, 5.41) is 2.82. The van der Waals surface area contributed by atoms with Crippen molar-refractivity contribution >= 4 is 5.91 Å². The van der Waals surface area contributed by atoms with Crippen molar-refractivity contribution in [1.82, 2.24) is 5.32 Å². The second-order valence-corrected chi connectivity index (χ2v) is 2.65. The number of ether oxygens (including phenoxy) is 1. The number of carbonyl (C=O) groups excluding carboxylic acids is 1. The lowest BCUT2D eigenvalue weighted by Crippen LogP contribution is -2.25. The summed E-state index contributed by atoms with van der Waals surface area (Å²) >= 11 is 0. The second-order valence-electron chi connectivity index (χ2n) is 2.65. The highest BCUT2D eigenvalue weighted by atomic mass is 16.5. The SMILES string of the molecule is CCCCNC(=O)CCOCC. The van der Waals surface area contributed by atoms with E-state index in [4.69, 9.17) is 4.74 Å². The fourth-order valence-corrected chi connectivity index (χ4v) is 0.802. The van der Waals surface area contributed by atoms with Crippen LogP contribution in [0.5, 0.6) is 0 Å². The Balaban J connectivity index is 3.10. The molecule has 0 aromatic rings. The Bertz CT molecular complexity index is 103. The van der Waals surface area contributed by atoms with Crippen molar-refractivity contribution < 1.29 is 9.53 Å². The molecule has 1 N–H and O–H groups in total. The Morgan fingerprint density at radius 2 is 2.17 bits per heavy atom. The van der Waals surface area contributed by atoms with Crippen LogP contribution in [0.3, 0.4) is 0 Å².